The molecule has 0 aromatic rings. The highest BCUT2D eigenvalue weighted by Crippen LogP contribution is 2.30. The first-order valence-electron chi connectivity index (χ1n) is 6.19. The highest BCUT2D eigenvalue weighted by molar-refractivity contribution is 5.80. The van der Waals surface area contributed by atoms with Crippen LogP contribution in [-0.2, 0) is 4.79 Å². The number of hydrogen-bond donors (Lipinski definition) is 3. The molecular formula is C13H26N2O3. The molecule has 0 saturated carbocycles. The van der Waals surface area contributed by atoms with Gasteiger partial charge in [-0.15, -0.1) is 0 Å². The van der Waals surface area contributed by atoms with Gasteiger partial charge in [0.2, 0.25) is 0 Å². The molecule has 0 aliphatic carbocycles. The summed E-state index contributed by atoms with van der Waals surface area (Å²) >= 11 is 0. The van der Waals surface area contributed by atoms with Crippen LogP contribution in [0.2, 0.25) is 0 Å². The van der Waals surface area contributed by atoms with E-state index in [0.29, 0.717) is 0 Å². The first kappa shape index (κ1) is 16.7. The Morgan fingerprint density at radius 2 is 1.44 bits per heavy atom. The van der Waals surface area contributed by atoms with Gasteiger partial charge in [-0.3, -0.25) is 4.79 Å². The minimum Gasteiger partial charge on any atom is -0.481 e. The van der Waals surface area contributed by atoms with Crippen LogP contribution in [0.15, 0.2) is 0 Å². The lowest BCUT2D eigenvalue weighted by Crippen LogP contribution is -2.61. The Morgan fingerprint density at radius 1 is 1.00 bits per heavy atom. The highest BCUT2D eigenvalue weighted by atomic mass is 16.4. The maximum atomic E-state index is 11.9. The third kappa shape index (κ3) is 3.89. The van der Waals surface area contributed by atoms with Gasteiger partial charge in [0.25, 0.3) is 0 Å². The van der Waals surface area contributed by atoms with Crippen LogP contribution in [0.4, 0.5) is 4.79 Å². The van der Waals surface area contributed by atoms with Crippen LogP contribution in [-0.4, -0.2) is 28.2 Å². The largest absolute Gasteiger partial charge is 0.481 e. The van der Waals surface area contributed by atoms with Crippen LogP contribution in [0.5, 0.6) is 0 Å². The first-order chi connectivity index (χ1) is 7.85. The number of carboxylic acids is 1. The van der Waals surface area contributed by atoms with E-state index >= 15 is 0 Å². The predicted molar refractivity (Wildman–Crippen MR) is 71.5 cm³/mol. The molecule has 0 fully saturated rings. The van der Waals surface area contributed by atoms with Crippen molar-refractivity contribution in [2.45, 2.75) is 66.0 Å². The van der Waals surface area contributed by atoms with Crippen molar-refractivity contribution in [1.82, 2.24) is 10.6 Å². The second-order valence-electron chi connectivity index (χ2n) is 6.37. The van der Waals surface area contributed by atoms with Gasteiger partial charge in [0.15, 0.2) is 0 Å². The van der Waals surface area contributed by atoms with Gasteiger partial charge in [-0.05, 0) is 48.0 Å². The molecule has 0 bridgehead atoms. The number of rotatable bonds is 5. The molecule has 0 spiro atoms. The Morgan fingerprint density at radius 3 is 1.78 bits per heavy atom. The molecule has 106 valence electrons. The SMILES string of the molecule is CCC(C)(C)NC(=O)NC(C)(C)C(C)(C)C(=O)O. The monoisotopic (exact) mass is 258 g/mol. The normalized spacial score (nSPS) is 13.1. The second-order valence-corrected chi connectivity index (χ2v) is 6.37. The van der Waals surface area contributed by atoms with Crippen molar-refractivity contribution in [3.8, 4) is 0 Å². The third-order valence-corrected chi connectivity index (χ3v) is 3.86. The third-order valence-electron chi connectivity index (χ3n) is 3.86. The minimum absolute atomic E-state index is 0.312. The van der Waals surface area contributed by atoms with Crippen molar-refractivity contribution in [3.05, 3.63) is 0 Å². The Labute approximate surface area is 109 Å². The quantitative estimate of drug-likeness (QED) is 0.708. The lowest BCUT2D eigenvalue weighted by Gasteiger charge is -2.39. The number of carbonyl (C=O) groups excluding carboxylic acids is 1. The second kappa shape index (κ2) is 5.16. The van der Waals surface area contributed by atoms with E-state index in [4.69, 9.17) is 0 Å². The number of hydrogen-bond acceptors (Lipinski definition) is 2. The van der Waals surface area contributed by atoms with Crippen molar-refractivity contribution >= 4 is 12.0 Å². The predicted octanol–water partition coefficient (Wildman–Crippen LogP) is 2.36. The molecule has 0 aliphatic rings. The summed E-state index contributed by atoms with van der Waals surface area (Å²) in [5.41, 5.74) is -2.22. The summed E-state index contributed by atoms with van der Waals surface area (Å²) in [6.45, 7) is 12.4. The lowest BCUT2D eigenvalue weighted by molar-refractivity contribution is -0.150. The number of nitrogens with one attached hydrogen (secondary N) is 2. The minimum atomic E-state index is -1.05. The van der Waals surface area contributed by atoms with Gasteiger partial charge in [0.1, 0.15) is 0 Å². The van der Waals surface area contributed by atoms with E-state index in [0.717, 1.165) is 6.42 Å². The zero-order chi connectivity index (χ0) is 14.8. The van der Waals surface area contributed by atoms with Gasteiger partial charge in [-0.2, -0.15) is 0 Å². The van der Waals surface area contributed by atoms with Crippen LogP contribution in [0.1, 0.15) is 54.9 Å². The average Bonchev–Trinajstić information content (AvgIpc) is 2.15. The van der Waals surface area contributed by atoms with Crippen molar-refractivity contribution in [2.24, 2.45) is 5.41 Å². The van der Waals surface area contributed by atoms with Crippen LogP contribution >= 0.6 is 0 Å². The molecule has 0 aromatic carbocycles. The van der Waals surface area contributed by atoms with E-state index in [1.807, 2.05) is 20.8 Å². The fourth-order valence-electron chi connectivity index (χ4n) is 1.13. The number of amides is 2. The lowest BCUT2D eigenvalue weighted by atomic mass is 9.74. The summed E-state index contributed by atoms with van der Waals surface area (Å²) < 4.78 is 0. The zero-order valence-electron chi connectivity index (χ0n) is 12.5. The van der Waals surface area contributed by atoms with Crippen molar-refractivity contribution in [1.29, 1.82) is 0 Å². The summed E-state index contributed by atoms with van der Waals surface area (Å²) in [5, 5.41) is 14.8. The van der Waals surface area contributed by atoms with Gasteiger partial charge >= 0.3 is 12.0 Å². The molecule has 0 aromatic heterocycles. The Hall–Kier alpha value is -1.26. The maximum Gasteiger partial charge on any atom is 0.315 e. The van der Waals surface area contributed by atoms with Crippen molar-refractivity contribution in [2.75, 3.05) is 0 Å². The Balaban J connectivity index is 4.80. The van der Waals surface area contributed by atoms with E-state index in [2.05, 4.69) is 10.6 Å². The first-order valence-corrected chi connectivity index (χ1v) is 6.19. The summed E-state index contributed by atoms with van der Waals surface area (Å²) in [6, 6.07) is -0.346. The van der Waals surface area contributed by atoms with Gasteiger partial charge in [-0.25, -0.2) is 4.79 Å². The topological polar surface area (TPSA) is 78.4 Å². The number of carboxylic acid groups (broad SMARTS) is 1. The van der Waals surface area contributed by atoms with Crippen molar-refractivity contribution in [3.63, 3.8) is 0 Å². The average molecular weight is 258 g/mol. The van der Waals surface area contributed by atoms with E-state index in [1.54, 1.807) is 27.7 Å². The molecular weight excluding hydrogens is 232 g/mol. The molecule has 0 heterocycles. The summed E-state index contributed by atoms with van der Waals surface area (Å²) in [6.07, 6.45) is 0.795. The highest BCUT2D eigenvalue weighted by Gasteiger charge is 2.44. The number of carbonyl (C=O) groups is 2. The number of aliphatic carboxylic acids is 1. The van der Waals surface area contributed by atoms with Gasteiger partial charge < -0.3 is 15.7 Å². The smallest absolute Gasteiger partial charge is 0.315 e. The summed E-state index contributed by atoms with van der Waals surface area (Å²) in [5.74, 6) is -0.942. The van der Waals surface area contributed by atoms with Crippen LogP contribution in [0, 0.1) is 5.41 Å². The van der Waals surface area contributed by atoms with Gasteiger partial charge in [0, 0.05) is 5.54 Å². The van der Waals surface area contributed by atoms with Crippen LogP contribution in [0.3, 0.4) is 0 Å². The molecule has 18 heavy (non-hydrogen) atoms. The number of urea groups is 1. The van der Waals surface area contributed by atoms with Crippen molar-refractivity contribution < 1.29 is 14.7 Å². The fraction of sp³-hybridized carbons (Fsp3) is 0.846. The standard InChI is InChI=1S/C13H26N2O3/c1-8-11(2,3)14-10(18)15-13(6,7)12(4,5)9(16)17/h8H2,1-7H3,(H,16,17)(H2,14,15,18). The molecule has 0 atom stereocenters. The molecule has 3 N–H and O–H groups in total. The maximum absolute atomic E-state index is 11.9. The molecule has 2 amide bonds. The summed E-state index contributed by atoms with van der Waals surface area (Å²) in [7, 11) is 0. The Bertz CT molecular complexity index is 333. The Kier molecular flexibility index (Phi) is 4.80. The van der Waals surface area contributed by atoms with Gasteiger partial charge in [0.05, 0.1) is 11.0 Å². The molecule has 0 radical (unpaired) electrons. The molecule has 5 heteroatoms. The summed E-state index contributed by atoms with van der Waals surface area (Å²) in [4.78, 5) is 23.1. The van der Waals surface area contributed by atoms with E-state index < -0.39 is 16.9 Å². The van der Waals surface area contributed by atoms with E-state index in [1.165, 1.54) is 0 Å². The van der Waals surface area contributed by atoms with E-state index in [9.17, 15) is 14.7 Å². The van der Waals surface area contributed by atoms with Gasteiger partial charge in [-0.1, -0.05) is 6.92 Å². The zero-order valence-corrected chi connectivity index (χ0v) is 12.5. The molecule has 0 saturated heterocycles. The molecule has 5 nitrogen and oxygen atoms in total. The molecule has 0 rings (SSSR count). The molecule has 0 aliphatic heterocycles. The molecule has 0 unspecified atom stereocenters. The van der Waals surface area contributed by atoms with Crippen LogP contribution in [0.25, 0.3) is 0 Å². The fourth-order valence-corrected chi connectivity index (χ4v) is 1.13. The van der Waals surface area contributed by atoms with Crippen LogP contribution < -0.4 is 10.6 Å². The van der Waals surface area contributed by atoms with E-state index in [-0.39, 0.29) is 11.6 Å².